The zero-order chi connectivity index (χ0) is 26.1. The SMILES string of the molecule is C=CC(=O)N(C)c1cc(Nc2ccnc(N(Cl)CCCNC(=O)c3ccc(CC)cc3)n2)ccc1F. The first-order chi connectivity index (χ1) is 17.3. The number of anilines is 4. The van der Waals surface area contributed by atoms with Crippen LogP contribution in [0.5, 0.6) is 0 Å². The van der Waals surface area contributed by atoms with E-state index in [1.165, 1.54) is 40.1 Å². The van der Waals surface area contributed by atoms with Crippen LogP contribution in [0, 0.1) is 5.82 Å². The Morgan fingerprint density at radius 3 is 2.61 bits per heavy atom. The number of hydrogen-bond donors (Lipinski definition) is 2. The molecule has 0 radical (unpaired) electrons. The normalized spacial score (nSPS) is 10.4. The van der Waals surface area contributed by atoms with Crippen molar-refractivity contribution in [2.24, 2.45) is 0 Å². The Hall–Kier alpha value is -3.98. The Labute approximate surface area is 214 Å². The van der Waals surface area contributed by atoms with E-state index in [1.54, 1.807) is 12.3 Å². The van der Waals surface area contributed by atoms with Gasteiger partial charge in [0.05, 0.1) is 5.69 Å². The average molecular weight is 511 g/mol. The third-order valence-corrected chi connectivity index (χ3v) is 5.71. The zero-order valence-electron chi connectivity index (χ0n) is 20.2. The van der Waals surface area contributed by atoms with Gasteiger partial charge in [-0.3, -0.25) is 14.0 Å². The van der Waals surface area contributed by atoms with E-state index in [0.717, 1.165) is 12.5 Å². The van der Waals surface area contributed by atoms with E-state index in [9.17, 15) is 14.0 Å². The van der Waals surface area contributed by atoms with Gasteiger partial charge in [-0.1, -0.05) is 25.6 Å². The maximum Gasteiger partial charge on any atom is 0.251 e. The molecule has 0 saturated carbocycles. The van der Waals surface area contributed by atoms with Gasteiger partial charge in [-0.15, -0.1) is 0 Å². The summed E-state index contributed by atoms with van der Waals surface area (Å²) in [6.07, 6.45) is 4.15. The molecule has 3 aromatic rings. The molecule has 36 heavy (non-hydrogen) atoms. The van der Waals surface area contributed by atoms with Crippen molar-refractivity contribution in [1.82, 2.24) is 15.3 Å². The van der Waals surface area contributed by atoms with Crippen LogP contribution in [-0.4, -0.2) is 41.9 Å². The molecule has 10 heteroatoms. The molecular weight excluding hydrogens is 483 g/mol. The molecule has 3 rings (SSSR count). The summed E-state index contributed by atoms with van der Waals surface area (Å²) in [5, 5.41) is 5.94. The molecule has 8 nitrogen and oxygen atoms in total. The van der Waals surface area contributed by atoms with Crippen LogP contribution in [0.25, 0.3) is 0 Å². The van der Waals surface area contributed by atoms with E-state index in [-0.39, 0.29) is 17.5 Å². The Kier molecular flexibility index (Phi) is 9.35. The standard InChI is InChI=1S/C26H28ClFN6O2/c1-4-18-7-9-19(10-8-18)25(36)29-14-6-16-34(27)26-30-15-13-23(32-26)31-20-11-12-21(28)22(17-20)33(3)24(35)5-2/h5,7-13,15,17H,2,4,6,14,16H2,1,3H3,(H,29,36)(H,30,31,32). The number of rotatable bonds is 11. The van der Waals surface area contributed by atoms with Gasteiger partial charge in [-0.2, -0.15) is 4.98 Å². The lowest BCUT2D eigenvalue weighted by Crippen LogP contribution is -2.27. The van der Waals surface area contributed by atoms with Crippen LogP contribution in [-0.2, 0) is 11.2 Å². The van der Waals surface area contributed by atoms with E-state index in [1.807, 2.05) is 24.3 Å². The summed E-state index contributed by atoms with van der Waals surface area (Å²) < 4.78 is 15.6. The highest BCUT2D eigenvalue weighted by Crippen LogP contribution is 2.25. The summed E-state index contributed by atoms with van der Waals surface area (Å²) in [5.41, 5.74) is 2.41. The summed E-state index contributed by atoms with van der Waals surface area (Å²) in [6.45, 7) is 6.32. The minimum absolute atomic E-state index is 0.0986. The Morgan fingerprint density at radius 2 is 1.92 bits per heavy atom. The van der Waals surface area contributed by atoms with Gasteiger partial charge in [0.1, 0.15) is 11.6 Å². The molecule has 0 saturated heterocycles. The van der Waals surface area contributed by atoms with Crippen molar-refractivity contribution < 1.29 is 14.0 Å². The lowest BCUT2D eigenvalue weighted by atomic mass is 10.1. The minimum atomic E-state index is -0.543. The highest BCUT2D eigenvalue weighted by molar-refractivity contribution is 6.25. The third-order valence-electron chi connectivity index (χ3n) is 5.39. The fraction of sp³-hybridized carbons (Fsp3) is 0.231. The summed E-state index contributed by atoms with van der Waals surface area (Å²) in [4.78, 5) is 33.9. The van der Waals surface area contributed by atoms with E-state index >= 15 is 0 Å². The van der Waals surface area contributed by atoms with Gasteiger partial charge in [0.15, 0.2) is 0 Å². The van der Waals surface area contributed by atoms with Crippen LogP contribution >= 0.6 is 11.8 Å². The first kappa shape index (κ1) is 26.6. The number of amides is 2. The van der Waals surface area contributed by atoms with E-state index < -0.39 is 11.7 Å². The molecule has 1 aromatic heterocycles. The van der Waals surface area contributed by atoms with Gasteiger partial charge >= 0.3 is 0 Å². The number of carbonyl (C=O) groups is 2. The molecule has 2 N–H and O–H groups in total. The number of nitrogens with one attached hydrogen (secondary N) is 2. The minimum Gasteiger partial charge on any atom is -0.352 e. The largest absolute Gasteiger partial charge is 0.352 e. The zero-order valence-corrected chi connectivity index (χ0v) is 20.9. The summed E-state index contributed by atoms with van der Waals surface area (Å²) in [5.74, 6) is -0.410. The number of benzene rings is 2. The average Bonchev–Trinajstić information content (AvgIpc) is 2.91. The van der Waals surface area contributed by atoms with E-state index in [2.05, 4.69) is 34.1 Å². The molecule has 0 aliphatic rings. The maximum atomic E-state index is 14.2. The summed E-state index contributed by atoms with van der Waals surface area (Å²) >= 11 is 6.35. The van der Waals surface area contributed by atoms with Crippen molar-refractivity contribution in [1.29, 1.82) is 0 Å². The number of halogens is 2. The number of hydrogen-bond acceptors (Lipinski definition) is 6. The predicted molar refractivity (Wildman–Crippen MR) is 141 cm³/mol. The van der Waals surface area contributed by atoms with E-state index in [4.69, 9.17) is 11.8 Å². The molecule has 0 atom stereocenters. The van der Waals surface area contributed by atoms with Gasteiger partial charge in [0.2, 0.25) is 11.9 Å². The first-order valence-electron chi connectivity index (χ1n) is 11.4. The van der Waals surface area contributed by atoms with Crippen LogP contribution in [0.4, 0.5) is 27.5 Å². The predicted octanol–water partition coefficient (Wildman–Crippen LogP) is 4.85. The monoisotopic (exact) mass is 510 g/mol. The second-order valence-corrected chi connectivity index (χ2v) is 8.29. The highest BCUT2D eigenvalue weighted by Gasteiger charge is 2.14. The van der Waals surface area contributed by atoms with Gasteiger partial charge < -0.3 is 15.5 Å². The van der Waals surface area contributed by atoms with Crippen LogP contribution in [0.15, 0.2) is 67.4 Å². The maximum absolute atomic E-state index is 14.2. The highest BCUT2D eigenvalue weighted by atomic mass is 35.5. The molecule has 2 aromatic carbocycles. The number of likely N-dealkylation sites (N-methyl/N-ethyl adjacent to an activating group) is 1. The number of nitrogens with zero attached hydrogens (tertiary/aromatic N) is 4. The number of aryl methyl sites for hydroxylation is 1. The van der Waals surface area contributed by atoms with Crippen LogP contribution in [0.1, 0.15) is 29.3 Å². The number of carbonyl (C=O) groups excluding carboxylic acids is 2. The molecule has 0 fully saturated rings. The summed E-state index contributed by atoms with van der Waals surface area (Å²) in [6, 6.07) is 13.4. The van der Waals surface area contributed by atoms with Gasteiger partial charge in [0, 0.05) is 49.4 Å². The lowest BCUT2D eigenvalue weighted by Gasteiger charge is -2.18. The second-order valence-electron chi connectivity index (χ2n) is 7.88. The fourth-order valence-corrected chi connectivity index (χ4v) is 3.50. The van der Waals surface area contributed by atoms with Crippen LogP contribution < -0.4 is 20.0 Å². The Bertz CT molecular complexity index is 1220. The molecule has 1 heterocycles. The van der Waals surface area contributed by atoms with Crippen molar-refractivity contribution >= 4 is 46.7 Å². The van der Waals surface area contributed by atoms with Crippen molar-refractivity contribution in [2.45, 2.75) is 19.8 Å². The van der Waals surface area contributed by atoms with Crippen molar-refractivity contribution in [2.75, 3.05) is 34.8 Å². The van der Waals surface area contributed by atoms with Crippen LogP contribution in [0.3, 0.4) is 0 Å². The fourth-order valence-electron chi connectivity index (χ4n) is 3.30. The molecule has 0 bridgehead atoms. The molecule has 0 spiro atoms. The Balaban J connectivity index is 1.55. The second kappa shape index (κ2) is 12.6. The molecule has 2 amide bonds. The smallest absolute Gasteiger partial charge is 0.251 e. The number of aromatic nitrogens is 2. The van der Waals surface area contributed by atoms with E-state index in [0.29, 0.717) is 36.6 Å². The lowest BCUT2D eigenvalue weighted by molar-refractivity contribution is -0.113. The van der Waals surface area contributed by atoms with Gasteiger partial charge in [-0.05, 0) is 60.9 Å². The molecule has 188 valence electrons. The third kappa shape index (κ3) is 7.02. The van der Waals surface area contributed by atoms with Gasteiger partial charge in [0.25, 0.3) is 5.91 Å². The van der Waals surface area contributed by atoms with Crippen molar-refractivity contribution in [3.05, 3.63) is 84.3 Å². The quantitative estimate of drug-likeness (QED) is 0.218. The Morgan fingerprint density at radius 1 is 1.17 bits per heavy atom. The molecular formula is C26H28ClFN6O2. The van der Waals surface area contributed by atoms with Crippen molar-refractivity contribution in [3.63, 3.8) is 0 Å². The molecule has 0 aliphatic carbocycles. The first-order valence-corrected chi connectivity index (χ1v) is 11.8. The molecule has 0 unspecified atom stereocenters. The molecule has 0 aliphatic heterocycles. The topological polar surface area (TPSA) is 90.5 Å². The van der Waals surface area contributed by atoms with Crippen molar-refractivity contribution in [3.8, 4) is 0 Å². The van der Waals surface area contributed by atoms with Crippen LogP contribution in [0.2, 0.25) is 0 Å². The van der Waals surface area contributed by atoms with Gasteiger partial charge in [-0.25, -0.2) is 9.37 Å². The summed E-state index contributed by atoms with van der Waals surface area (Å²) in [7, 11) is 1.46.